The topological polar surface area (TPSA) is 35.0 Å². The van der Waals surface area contributed by atoms with E-state index in [1.54, 1.807) is 7.11 Å². The zero-order valence-electron chi connectivity index (χ0n) is 10.5. The van der Waals surface area contributed by atoms with Gasteiger partial charge in [0.1, 0.15) is 11.6 Å². The molecule has 4 heteroatoms. The van der Waals surface area contributed by atoms with Gasteiger partial charge in [0, 0.05) is 12.1 Å². The highest BCUT2D eigenvalue weighted by Gasteiger charge is 2.03. The van der Waals surface area contributed by atoms with Crippen LogP contribution in [0.5, 0.6) is 5.75 Å². The first-order valence-corrected chi connectivity index (χ1v) is 6.27. The second-order valence-electron chi connectivity index (χ2n) is 4.08. The van der Waals surface area contributed by atoms with Crippen LogP contribution >= 0.6 is 11.6 Å². The quantitative estimate of drug-likeness (QED) is 0.794. The minimum Gasteiger partial charge on any atom is -0.497 e. The summed E-state index contributed by atoms with van der Waals surface area (Å²) < 4.78 is 5.13. The van der Waals surface area contributed by atoms with Gasteiger partial charge in [-0.2, -0.15) is 0 Å². The molecule has 2 rings (SSSR count). The van der Waals surface area contributed by atoms with Crippen molar-refractivity contribution in [2.75, 3.05) is 7.11 Å². The summed E-state index contributed by atoms with van der Waals surface area (Å²) in [6.45, 7) is 1.95. The molecule has 1 aromatic heterocycles. The van der Waals surface area contributed by atoms with Crippen LogP contribution in [0.3, 0.4) is 0 Å². The van der Waals surface area contributed by atoms with Crippen molar-refractivity contribution < 1.29 is 4.74 Å². The van der Waals surface area contributed by atoms with E-state index < -0.39 is 0 Å². The predicted octanol–water partition coefficient (Wildman–Crippen LogP) is 3.12. The maximum atomic E-state index is 5.81. The first-order chi connectivity index (χ1) is 8.71. The highest BCUT2D eigenvalue weighted by Crippen LogP contribution is 2.14. The van der Waals surface area contributed by atoms with E-state index in [9.17, 15) is 0 Å². The third-order valence-corrected chi connectivity index (χ3v) is 2.89. The van der Waals surface area contributed by atoms with E-state index in [0.29, 0.717) is 12.3 Å². The Morgan fingerprint density at radius 3 is 2.50 bits per heavy atom. The number of benzene rings is 1. The fourth-order valence-corrected chi connectivity index (χ4v) is 1.91. The third kappa shape index (κ3) is 3.20. The van der Waals surface area contributed by atoms with Crippen LogP contribution in [-0.4, -0.2) is 17.1 Å². The van der Waals surface area contributed by atoms with Gasteiger partial charge < -0.3 is 4.74 Å². The second-order valence-corrected chi connectivity index (χ2v) is 4.34. The molecule has 1 heterocycles. The van der Waals surface area contributed by atoms with E-state index in [-0.39, 0.29) is 0 Å². The van der Waals surface area contributed by atoms with Crippen LogP contribution in [0.25, 0.3) is 0 Å². The zero-order chi connectivity index (χ0) is 13.0. The average molecular weight is 263 g/mol. The molecule has 1 aromatic carbocycles. The molecule has 0 bridgehead atoms. The van der Waals surface area contributed by atoms with Crippen molar-refractivity contribution in [3.8, 4) is 5.75 Å². The van der Waals surface area contributed by atoms with Gasteiger partial charge in [-0.3, -0.25) is 0 Å². The fourth-order valence-electron chi connectivity index (χ4n) is 1.77. The highest BCUT2D eigenvalue weighted by molar-refractivity contribution is 6.16. The van der Waals surface area contributed by atoms with Gasteiger partial charge in [-0.1, -0.05) is 12.1 Å². The summed E-state index contributed by atoms with van der Waals surface area (Å²) in [4.78, 5) is 8.83. The maximum Gasteiger partial charge on any atom is 0.133 e. The lowest BCUT2D eigenvalue weighted by Crippen LogP contribution is -2.01. The lowest BCUT2D eigenvalue weighted by atomic mass is 10.1. The highest BCUT2D eigenvalue weighted by atomic mass is 35.5. The number of hydrogen-bond acceptors (Lipinski definition) is 3. The number of nitrogens with zero attached hydrogens (tertiary/aromatic N) is 2. The predicted molar refractivity (Wildman–Crippen MR) is 72.1 cm³/mol. The van der Waals surface area contributed by atoms with Crippen molar-refractivity contribution in [2.24, 2.45) is 0 Å². The summed E-state index contributed by atoms with van der Waals surface area (Å²) in [6.07, 6.45) is 0.704. The Hall–Kier alpha value is -1.61. The number of alkyl halides is 1. The van der Waals surface area contributed by atoms with Gasteiger partial charge >= 0.3 is 0 Å². The van der Waals surface area contributed by atoms with Crippen LogP contribution in [0.15, 0.2) is 30.3 Å². The van der Waals surface area contributed by atoms with E-state index in [0.717, 1.165) is 28.5 Å². The molecule has 18 heavy (non-hydrogen) atoms. The van der Waals surface area contributed by atoms with Crippen LogP contribution in [0.4, 0.5) is 0 Å². The van der Waals surface area contributed by atoms with Crippen molar-refractivity contribution >= 4 is 11.6 Å². The first kappa shape index (κ1) is 12.8. The normalized spacial score (nSPS) is 10.4. The molecule has 0 radical (unpaired) electrons. The molecule has 0 saturated heterocycles. The molecule has 0 N–H and O–H groups in total. The lowest BCUT2D eigenvalue weighted by molar-refractivity contribution is 0.414. The molecule has 0 aliphatic rings. The second kappa shape index (κ2) is 5.83. The molecule has 0 spiro atoms. The number of hydrogen-bond donors (Lipinski definition) is 0. The van der Waals surface area contributed by atoms with Crippen LogP contribution < -0.4 is 4.74 Å². The van der Waals surface area contributed by atoms with E-state index in [2.05, 4.69) is 9.97 Å². The van der Waals surface area contributed by atoms with E-state index in [1.807, 2.05) is 37.3 Å². The van der Waals surface area contributed by atoms with Crippen molar-refractivity contribution in [2.45, 2.75) is 19.2 Å². The van der Waals surface area contributed by atoms with E-state index in [4.69, 9.17) is 16.3 Å². The largest absolute Gasteiger partial charge is 0.497 e. The van der Waals surface area contributed by atoms with Crippen LogP contribution in [0, 0.1) is 6.92 Å². The summed E-state index contributed by atoms with van der Waals surface area (Å²) in [7, 11) is 1.66. The Bertz CT molecular complexity index is 526. The Morgan fingerprint density at radius 1 is 1.17 bits per heavy atom. The number of methoxy groups -OCH3 is 1. The Balaban J connectivity index is 2.19. The van der Waals surface area contributed by atoms with E-state index >= 15 is 0 Å². The van der Waals surface area contributed by atoms with Gasteiger partial charge in [0.15, 0.2) is 0 Å². The van der Waals surface area contributed by atoms with E-state index in [1.165, 1.54) is 0 Å². The van der Waals surface area contributed by atoms with Gasteiger partial charge in [0.25, 0.3) is 0 Å². The molecule has 3 nitrogen and oxygen atoms in total. The SMILES string of the molecule is COc1ccc(Cc2nc(C)cc(CCl)n2)cc1. The minimum absolute atomic E-state index is 0.416. The monoisotopic (exact) mass is 262 g/mol. The first-order valence-electron chi connectivity index (χ1n) is 5.73. The van der Waals surface area contributed by atoms with Gasteiger partial charge in [0.2, 0.25) is 0 Å². The number of halogens is 1. The number of aryl methyl sites for hydroxylation is 1. The zero-order valence-corrected chi connectivity index (χ0v) is 11.2. The summed E-state index contributed by atoms with van der Waals surface area (Å²) in [5, 5.41) is 0. The standard InChI is InChI=1S/C14H15ClN2O/c1-10-7-12(9-15)17-14(16-10)8-11-3-5-13(18-2)6-4-11/h3-7H,8-9H2,1-2H3. The van der Waals surface area contributed by atoms with Crippen molar-refractivity contribution in [3.63, 3.8) is 0 Å². The van der Waals surface area contributed by atoms with Crippen molar-refractivity contribution in [1.82, 2.24) is 9.97 Å². The summed E-state index contributed by atoms with van der Waals surface area (Å²) in [5.74, 6) is 2.07. The number of rotatable bonds is 4. The molecule has 0 unspecified atom stereocenters. The molecular formula is C14H15ClN2O. The molecule has 0 saturated carbocycles. The molecular weight excluding hydrogens is 248 g/mol. The molecule has 2 aromatic rings. The van der Waals surface area contributed by atoms with Gasteiger partial charge in [0.05, 0.1) is 18.7 Å². The minimum atomic E-state index is 0.416. The molecule has 0 aliphatic carbocycles. The van der Waals surface area contributed by atoms with Crippen LogP contribution in [0.2, 0.25) is 0 Å². The van der Waals surface area contributed by atoms with Gasteiger partial charge in [-0.25, -0.2) is 9.97 Å². The summed E-state index contributed by atoms with van der Waals surface area (Å²) >= 11 is 5.81. The maximum absolute atomic E-state index is 5.81. The van der Waals surface area contributed by atoms with Crippen LogP contribution in [0.1, 0.15) is 22.8 Å². The Kier molecular flexibility index (Phi) is 4.15. The average Bonchev–Trinajstić information content (AvgIpc) is 2.39. The molecule has 0 atom stereocenters. The molecule has 94 valence electrons. The Morgan fingerprint density at radius 2 is 1.89 bits per heavy atom. The van der Waals surface area contributed by atoms with Gasteiger partial charge in [-0.15, -0.1) is 11.6 Å². The molecule has 0 aliphatic heterocycles. The fraction of sp³-hybridized carbons (Fsp3) is 0.286. The molecule has 0 fully saturated rings. The van der Waals surface area contributed by atoms with Gasteiger partial charge in [-0.05, 0) is 30.7 Å². The van der Waals surface area contributed by atoms with Crippen molar-refractivity contribution in [1.29, 1.82) is 0 Å². The lowest BCUT2D eigenvalue weighted by Gasteiger charge is -2.05. The summed E-state index contributed by atoms with van der Waals surface area (Å²) in [6, 6.07) is 9.82. The molecule has 0 amide bonds. The number of aromatic nitrogens is 2. The Labute approximate surface area is 112 Å². The summed E-state index contributed by atoms with van der Waals surface area (Å²) in [5.41, 5.74) is 2.97. The number of ether oxygens (including phenoxy) is 1. The smallest absolute Gasteiger partial charge is 0.133 e. The van der Waals surface area contributed by atoms with Crippen LogP contribution in [-0.2, 0) is 12.3 Å². The third-order valence-electron chi connectivity index (χ3n) is 2.61. The van der Waals surface area contributed by atoms with Crippen molar-refractivity contribution in [3.05, 3.63) is 53.1 Å².